The second kappa shape index (κ2) is 6.08. The Morgan fingerprint density at radius 1 is 1.32 bits per heavy atom. The summed E-state index contributed by atoms with van der Waals surface area (Å²) in [5, 5.41) is 19.3. The van der Waals surface area contributed by atoms with Crippen molar-refractivity contribution in [2.75, 3.05) is 19.0 Å². The van der Waals surface area contributed by atoms with E-state index in [2.05, 4.69) is 10.2 Å². The summed E-state index contributed by atoms with van der Waals surface area (Å²) in [6, 6.07) is 2.40. The highest BCUT2D eigenvalue weighted by molar-refractivity contribution is 8.01. The quantitative estimate of drug-likeness (QED) is 0.619. The summed E-state index contributed by atoms with van der Waals surface area (Å²) in [4.78, 5) is 11.9. The zero-order valence-corrected chi connectivity index (χ0v) is 12.9. The highest BCUT2D eigenvalue weighted by atomic mass is 32.2. The van der Waals surface area contributed by atoms with Crippen LogP contribution in [0.2, 0.25) is 0 Å². The minimum Gasteiger partial charge on any atom is -0.353 e. The van der Waals surface area contributed by atoms with Crippen LogP contribution in [0, 0.1) is 10.1 Å². The number of nitrogens with zero attached hydrogens (tertiary/aromatic N) is 4. The summed E-state index contributed by atoms with van der Waals surface area (Å²) >= 11 is 2.10. The van der Waals surface area contributed by atoms with Gasteiger partial charge in [0, 0.05) is 20.2 Å². The zero-order valence-electron chi connectivity index (χ0n) is 11.3. The molecule has 2 rings (SSSR count). The van der Waals surface area contributed by atoms with Crippen LogP contribution in [0.25, 0.3) is 0 Å². The predicted molar refractivity (Wildman–Crippen MR) is 76.5 cm³/mol. The number of nitro benzene ring substituents is 1. The number of alkyl halides is 3. The Morgan fingerprint density at radius 3 is 2.50 bits per heavy atom. The normalized spacial score (nSPS) is 11.5. The lowest BCUT2D eigenvalue weighted by Gasteiger charge is -2.07. The first-order valence-electron chi connectivity index (χ1n) is 5.73. The summed E-state index contributed by atoms with van der Waals surface area (Å²) in [6.45, 7) is 0. The third-order valence-electron chi connectivity index (χ3n) is 2.46. The molecule has 0 spiro atoms. The average molecular weight is 350 g/mol. The fourth-order valence-corrected chi connectivity index (χ4v) is 3.25. The number of benzene rings is 1. The molecule has 0 fully saturated rings. The summed E-state index contributed by atoms with van der Waals surface area (Å²) in [6.07, 6.45) is -4.63. The maximum atomic E-state index is 12.6. The van der Waals surface area contributed by atoms with E-state index in [4.69, 9.17) is 0 Å². The van der Waals surface area contributed by atoms with Gasteiger partial charge in [0.15, 0.2) is 4.34 Å². The first kappa shape index (κ1) is 16.5. The topological polar surface area (TPSA) is 72.2 Å². The van der Waals surface area contributed by atoms with Crippen LogP contribution in [-0.2, 0) is 6.18 Å². The van der Waals surface area contributed by atoms with Gasteiger partial charge in [0.25, 0.3) is 5.69 Å². The molecule has 0 saturated heterocycles. The first-order chi connectivity index (χ1) is 10.2. The molecule has 0 radical (unpaired) electrons. The van der Waals surface area contributed by atoms with Gasteiger partial charge in [-0.15, -0.1) is 10.2 Å². The van der Waals surface area contributed by atoms with Crippen molar-refractivity contribution in [3.63, 3.8) is 0 Å². The Morgan fingerprint density at radius 2 is 2.00 bits per heavy atom. The van der Waals surface area contributed by atoms with E-state index in [0.29, 0.717) is 15.5 Å². The Balaban J connectivity index is 2.35. The lowest BCUT2D eigenvalue weighted by molar-refractivity contribution is -0.388. The number of anilines is 1. The zero-order chi connectivity index (χ0) is 16.5. The van der Waals surface area contributed by atoms with Crippen molar-refractivity contribution in [3.8, 4) is 0 Å². The van der Waals surface area contributed by atoms with Crippen LogP contribution >= 0.6 is 23.1 Å². The van der Waals surface area contributed by atoms with Crippen LogP contribution in [0.5, 0.6) is 0 Å². The van der Waals surface area contributed by atoms with Gasteiger partial charge in [-0.1, -0.05) is 11.3 Å². The van der Waals surface area contributed by atoms with Gasteiger partial charge in [0.2, 0.25) is 5.13 Å². The Hall–Kier alpha value is -1.88. The van der Waals surface area contributed by atoms with Crippen molar-refractivity contribution >= 4 is 33.9 Å². The largest absolute Gasteiger partial charge is 0.416 e. The first-order valence-corrected chi connectivity index (χ1v) is 7.36. The number of rotatable bonds is 4. The molecule has 0 N–H and O–H groups in total. The fraction of sp³-hybridized carbons (Fsp3) is 0.273. The highest BCUT2D eigenvalue weighted by Crippen LogP contribution is 2.40. The maximum absolute atomic E-state index is 12.6. The van der Waals surface area contributed by atoms with E-state index in [-0.39, 0.29) is 4.90 Å². The molecule has 11 heteroatoms. The summed E-state index contributed by atoms with van der Waals surface area (Å²) in [5.74, 6) is 0. The molecule has 1 heterocycles. The highest BCUT2D eigenvalue weighted by Gasteiger charge is 2.33. The summed E-state index contributed by atoms with van der Waals surface area (Å²) in [7, 11) is 3.52. The van der Waals surface area contributed by atoms with Gasteiger partial charge in [0.1, 0.15) is 0 Å². The maximum Gasteiger partial charge on any atom is 0.416 e. The second-order valence-electron chi connectivity index (χ2n) is 4.28. The van der Waals surface area contributed by atoms with Crippen molar-refractivity contribution in [3.05, 3.63) is 33.9 Å². The molecule has 0 saturated carbocycles. The third-order valence-corrected chi connectivity index (χ3v) is 4.67. The van der Waals surface area contributed by atoms with Gasteiger partial charge >= 0.3 is 6.18 Å². The molecule has 118 valence electrons. The lowest BCUT2D eigenvalue weighted by atomic mass is 10.2. The molecular formula is C11H9F3N4O2S2. The van der Waals surface area contributed by atoms with Crippen LogP contribution in [0.3, 0.4) is 0 Å². The molecule has 2 aromatic rings. The van der Waals surface area contributed by atoms with E-state index in [9.17, 15) is 23.3 Å². The Kier molecular flexibility index (Phi) is 4.56. The molecule has 0 amide bonds. The van der Waals surface area contributed by atoms with E-state index in [1.807, 2.05) is 0 Å². The standard InChI is InChI=1S/C11H9F3N4O2S2/c1-17(2)9-15-16-10(22-9)21-8-4-3-6(11(12,13)14)5-7(8)18(19)20/h3-5H,1-2H3. The molecule has 0 atom stereocenters. The molecule has 1 aromatic carbocycles. The lowest BCUT2D eigenvalue weighted by Crippen LogP contribution is -2.07. The van der Waals surface area contributed by atoms with Gasteiger partial charge in [-0.3, -0.25) is 10.1 Å². The van der Waals surface area contributed by atoms with Crippen molar-refractivity contribution < 1.29 is 18.1 Å². The smallest absolute Gasteiger partial charge is 0.353 e. The van der Waals surface area contributed by atoms with Crippen LogP contribution in [0.15, 0.2) is 27.4 Å². The number of hydrogen-bond acceptors (Lipinski definition) is 7. The Labute approximate surface area is 131 Å². The fourth-order valence-electron chi connectivity index (χ4n) is 1.44. The molecule has 0 aliphatic carbocycles. The minimum atomic E-state index is -4.63. The van der Waals surface area contributed by atoms with E-state index in [1.165, 1.54) is 11.3 Å². The molecule has 0 aliphatic heterocycles. The molecule has 0 bridgehead atoms. The number of halogens is 3. The van der Waals surface area contributed by atoms with Crippen LogP contribution in [-0.4, -0.2) is 29.2 Å². The van der Waals surface area contributed by atoms with Gasteiger partial charge in [-0.05, 0) is 23.9 Å². The van der Waals surface area contributed by atoms with Crippen LogP contribution in [0.1, 0.15) is 5.56 Å². The van der Waals surface area contributed by atoms with E-state index < -0.39 is 22.4 Å². The van der Waals surface area contributed by atoms with E-state index in [0.717, 1.165) is 23.9 Å². The summed E-state index contributed by atoms with van der Waals surface area (Å²) in [5.41, 5.74) is -1.67. The van der Waals surface area contributed by atoms with Crippen molar-refractivity contribution in [2.24, 2.45) is 0 Å². The van der Waals surface area contributed by atoms with E-state index >= 15 is 0 Å². The monoisotopic (exact) mass is 350 g/mol. The summed E-state index contributed by atoms with van der Waals surface area (Å²) < 4.78 is 38.3. The number of nitro groups is 1. The molecule has 0 aliphatic rings. The van der Waals surface area contributed by atoms with E-state index in [1.54, 1.807) is 19.0 Å². The number of aromatic nitrogens is 2. The van der Waals surface area contributed by atoms with Gasteiger partial charge in [0.05, 0.1) is 15.4 Å². The SMILES string of the molecule is CN(C)c1nnc(Sc2ccc(C(F)(F)F)cc2[N+](=O)[O-])s1. The van der Waals surface area contributed by atoms with Crippen molar-refractivity contribution in [1.29, 1.82) is 0 Å². The van der Waals surface area contributed by atoms with Crippen LogP contribution < -0.4 is 4.90 Å². The molecule has 6 nitrogen and oxygen atoms in total. The third kappa shape index (κ3) is 3.65. The van der Waals surface area contributed by atoms with Crippen LogP contribution in [0.4, 0.5) is 24.0 Å². The average Bonchev–Trinajstić information content (AvgIpc) is 2.86. The van der Waals surface area contributed by atoms with Crippen molar-refractivity contribution in [2.45, 2.75) is 15.4 Å². The van der Waals surface area contributed by atoms with Gasteiger partial charge in [-0.25, -0.2) is 0 Å². The molecule has 22 heavy (non-hydrogen) atoms. The Bertz CT molecular complexity index is 703. The van der Waals surface area contributed by atoms with Gasteiger partial charge in [-0.2, -0.15) is 13.2 Å². The van der Waals surface area contributed by atoms with Crippen molar-refractivity contribution in [1.82, 2.24) is 10.2 Å². The number of hydrogen-bond donors (Lipinski definition) is 0. The molecule has 1 aromatic heterocycles. The molecule has 0 unspecified atom stereocenters. The molecular weight excluding hydrogens is 341 g/mol. The second-order valence-corrected chi connectivity index (χ2v) is 6.53. The van der Waals surface area contributed by atoms with Gasteiger partial charge < -0.3 is 4.90 Å². The predicted octanol–water partition coefficient (Wildman–Crippen LogP) is 3.68. The minimum absolute atomic E-state index is 0.0828.